The lowest BCUT2D eigenvalue weighted by atomic mass is 9.93. The summed E-state index contributed by atoms with van der Waals surface area (Å²) < 4.78 is 9.85. The van der Waals surface area contributed by atoms with Crippen LogP contribution in [0.5, 0.6) is 0 Å². The Morgan fingerprint density at radius 1 is 1.06 bits per heavy atom. The van der Waals surface area contributed by atoms with Gasteiger partial charge in [0.15, 0.2) is 0 Å². The summed E-state index contributed by atoms with van der Waals surface area (Å²) in [6.07, 6.45) is 1.54. The van der Waals surface area contributed by atoms with Crippen LogP contribution in [0.25, 0.3) is 0 Å². The predicted molar refractivity (Wildman–Crippen MR) is 65.4 cm³/mol. The van der Waals surface area contributed by atoms with Crippen LogP contribution in [0.15, 0.2) is 0 Å². The maximum atomic E-state index is 11.7. The number of esters is 2. The summed E-state index contributed by atoms with van der Waals surface area (Å²) in [7, 11) is 0. The number of rotatable bonds is 8. The van der Waals surface area contributed by atoms with E-state index in [1.54, 1.807) is 13.8 Å². The Labute approximate surface area is 104 Å². The highest BCUT2D eigenvalue weighted by Gasteiger charge is 2.22. The van der Waals surface area contributed by atoms with Gasteiger partial charge < -0.3 is 9.47 Å². The summed E-state index contributed by atoms with van der Waals surface area (Å²) in [5, 5.41) is 0. The lowest BCUT2D eigenvalue weighted by Crippen LogP contribution is -2.21. The molecular formula is C13H24O4. The smallest absolute Gasteiger partial charge is 0.308 e. The Balaban J connectivity index is 4.18. The first-order chi connectivity index (χ1) is 8.01. The molecule has 0 aromatic rings. The first kappa shape index (κ1) is 15.9. The Hall–Kier alpha value is -1.06. The van der Waals surface area contributed by atoms with Crippen LogP contribution in [0.2, 0.25) is 0 Å². The van der Waals surface area contributed by atoms with Crippen molar-refractivity contribution in [3.63, 3.8) is 0 Å². The third-order valence-electron chi connectivity index (χ3n) is 2.38. The summed E-state index contributed by atoms with van der Waals surface area (Å²) in [5.74, 6) is -0.234. The van der Waals surface area contributed by atoms with Gasteiger partial charge in [-0.3, -0.25) is 9.59 Å². The van der Waals surface area contributed by atoms with Crippen LogP contribution in [0, 0.1) is 11.8 Å². The molecule has 0 aliphatic heterocycles. The van der Waals surface area contributed by atoms with Gasteiger partial charge >= 0.3 is 11.9 Å². The molecule has 0 rings (SSSR count). The van der Waals surface area contributed by atoms with Crippen molar-refractivity contribution in [2.75, 3.05) is 13.2 Å². The highest BCUT2D eigenvalue weighted by atomic mass is 16.5. The third kappa shape index (κ3) is 7.77. The van der Waals surface area contributed by atoms with Crippen LogP contribution in [0.1, 0.15) is 47.0 Å². The zero-order valence-electron chi connectivity index (χ0n) is 11.3. The molecule has 0 bridgehead atoms. The van der Waals surface area contributed by atoms with E-state index in [9.17, 15) is 9.59 Å². The van der Waals surface area contributed by atoms with Gasteiger partial charge in [-0.1, -0.05) is 13.8 Å². The molecule has 0 saturated heterocycles. The Kier molecular flexibility index (Phi) is 8.46. The van der Waals surface area contributed by atoms with E-state index >= 15 is 0 Å². The van der Waals surface area contributed by atoms with Gasteiger partial charge in [-0.25, -0.2) is 0 Å². The molecule has 17 heavy (non-hydrogen) atoms. The molecule has 0 fully saturated rings. The van der Waals surface area contributed by atoms with Crippen molar-refractivity contribution in [2.24, 2.45) is 11.8 Å². The van der Waals surface area contributed by atoms with Crippen LogP contribution < -0.4 is 0 Å². The predicted octanol–water partition coefficient (Wildman–Crippen LogP) is 2.56. The van der Waals surface area contributed by atoms with Crippen molar-refractivity contribution in [1.29, 1.82) is 0 Å². The van der Waals surface area contributed by atoms with Crippen molar-refractivity contribution in [1.82, 2.24) is 0 Å². The second-order valence-corrected chi connectivity index (χ2v) is 4.42. The Morgan fingerprint density at radius 2 is 1.65 bits per heavy atom. The van der Waals surface area contributed by atoms with E-state index in [1.807, 2.05) is 0 Å². The standard InChI is InChI=1S/C13H24O4/c1-5-16-12(14)8-7-11(9-10(3)4)13(15)17-6-2/h10-11H,5-9H2,1-4H3. The van der Waals surface area contributed by atoms with Crippen molar-refractivity contribution in [3.05, 3.63) is 0 Å². The number of hydrogen-bond acceptors (Lipinski definition) is 4. The molecule has 0 aliphatic rings. The van der Waals surface area contributed by atoms with Crippen LogP contribution in [0.4, 0.5) is 0 Å². The highest BCUT2D eigenvalue weighted by Crippen LogP contribution is 2.19. The zero-order valence-corrected chi connectivity index (χ0v) is 11.3. The summed E-state index contributed by atoms with van der Waals surface area (Å²) in [4.78, 5) is 22.9. The minimum absolute atomic E-state index is 0.195. The molecule has 4 nitrogen and oxygen atoms in total. The molecule has 0 saturated carbocycles. The number of ether oxygens (including phenoxy) is 2. The third-order valence-corrected chi connectivity index (χ3v) is 2.38. The Bertz CT molecular complexity index is 236. The number of hydrogen-bond donors (Lipinski definition) is 0. The molecule has 0 spiro atoms. The van der Waals surface area contributed by atoms with Crippen LogP contribution >= 0.6 is 0 Å². The van der Waals surface area contributed by atoms with E-state index in [0.717, 1.165) is 6.42 Å². The molecule has 1 atom stereocenters. The van der Waals surface area contributed by atoms with Gasteiger partial charge in [0.1, 0.15) is 0 Å². The summed E-state index contributed by atoms with van der Waals surface area (Å²) in [6, 6.07) is 0. The van der Waals surface area contributed by atoms with Gasteiger partial charge in [-0.15, -0.1) is 0 Å². The molecule has 4 heteroatoms. The van der Waals surface area contributed by atoms with Crippen molar-refractivity contribution >= 4 is 11.9 Å². The van der Waals surface area contributed by atoms with Gasteiger partial charge in [0, 0.05) is 6.42 Å². The van der Waals surface area contributed by atoms with Crippen LogP contribution in [-0.2, 0) is 19.1 Å². The molecule has 0 radical (unpaired) electrons. The van der Waals surface area contributed by atoms with Crippen LogP contribution in [0.3, 0.4) is 0 Å². The van der Waals surface area contributed by atoms with Crippen molar-refractivity contribution < 1.29 is 19.1 Å². The van der Waals surface area contributed by atoms with E-state index in [0.29, 0.717) is 25.6 Å². The van der Waals surface area contributed by atoms with Crippen molar-refractivity contribution in [3.8, 4) is 0 Å². The monoisotopic (exact) mass is 244 g/mol. The average molecular weight is 244 g/mol. The maximum Gasteiger partial charge on any atom is 0.308 e. The minimum Gasteiger partial charge on any atom is -0.466 e. The fraction of sp³-hybridized carbons (Fsp3) is 0.846. The summed E-state index contributed by atoms with van der Waals surface area (Å²) >= 11 is 0. The molecule has 0 heterocycles. The SMILES string of the molecule is CCOC(=O)CCC(CC(C)C)C(=O)OCC. The second-order valence-electron chi connectivity index (χ2n) is 4.42. The summed E-state index contributed by atoms with van der Waals surface area (Å²) in [5.41, 5.74) is 0. The molecule has 0 aromatic carbocycles. The van der Waals surface area contributed by atoms with Gasteiger partial charge in [0.2, 0.25) is 0 Å². The lowest BCUT2D eigenvalue weighted by Gasteiger charge is -2.16. The maximum absolute atomic E-state index is 11.7. The van der Waals surface area contributed by atoms with Gasteiger partial charge in [-0.2, -0.15) is 0 Å². The van der Waals surface area contributed by atoms with Crippen LogP contribution in [-0.4, -0.2) is 25.2 Å². The Morgan fingerprint density at radius 3 is 2.12 bits per heavy atom. The molecule has 0 amide bonds. The molecule has 100 valence electrons. The van der Waals surface area contributed by atoms with Gasteiger partial charge in [0.05, 0.1) is 19.1 Å². The fourth-order valence-electron chi connectivity index (χ4n) is 1.69. The largest absolute Gasteiger partial charge is 0.466 e. The summed E-state index contributed by atoms with van der Waals surface area (Å²) in [6.45, 7) is 8.43. The van der Waals surface area contributed by atoms with Gasteiger partial charge in [-0.05, 0) is 32.6 Å². The first-order valence-electron chi connectivity index (χ1n) is 6.33. The number of carbonyl (C=O) groups excluding carboxylic acids is 2. The topological polar surface area (TPSA) is 52.6 Å². The van der Waals surface area contributed by atoms with E-state index in [1.165, 1.54) is 0 Å². The van der Waals surface area contributed by atoms with E-state index in [-0.39, 0.29) is 24.3 Å². The van der Waals surface area contributed by atoms with E-state index in [4.69, 9.17) is 9.47 Å². The molecule has 1 unspecified atom stereocenters. The van der Waals surface area contributed by atoms with Gasteiger partial charge in [0.25, 0.3) is 0 Å². The number of carbonyl (C=O) groups is 2. The lowest BCUT2D eigenvalue weighted by molar-refractivity contribution is -0.149. The molecule has 0 N–H and O–H groups in total. The first-order valence-corrected chi connectivity index (χ1v) is 6.33. The normalized spacial score (nSPS) is 12.3. The van der Waals surface area contributed by atoms with Crippen molar-refractivity contribution in [2.45, 2.75) is 47.0 Å². The second kappa shape index (κ2) is 9.02. The van der Waals surface area contributed by atoms with E-state index in [2.05, 4.69) is 13.8 Å². The minimum atomic E-state index is -0.245. The molecule has 0 aromatic heterocycles. The van der Waals surface area contributed by atoms with E-state index < -0.39 is 0 Å². The average Bonchev–Trinajstić information content (AvgIpc) is 2.24. The quantitative estimate of drug-likeness (QED) is 0.616. The fourth-order valence-corrected chi connectivity index (χ4v) is 1.69. The zero-order chi connectivity index (χ0) is 13.3. The highest BCUT2D eigenvalue weighted by molar-refractivity contribution is 5.74. The molecule has 0 aliphatic carbocycles. The molecular weight excluding hydrogens is 220 g/mol.